The first-order chi connectivity index (χ1) is 14.7. The Morgan fingerprint density at radius 3 is 2.61 bits per heavy atom. The van der Waals surface area contributed by atoms with Gasteiger partial charge in [0, 0.05) is 19.6 Å². The van der Waals surface area contributed by atoms with Crippen molar-refractivity contribution in [2.45, 2.75) is 45.7 Å². The van der Waals surface area contributed by atoms with Gasteiger partial charge in [-0.3, -0.25) is 9.69 Å². The first-order valence-corrected chi connectivity index (χ1v) is 10.4. The molecule has 9 heteroatoms. The molecule has 1 aliphatic heterocycles. The molecule has 1 fully saturated rings. The van der Waals surface area contributed by atoms with Crippen LogP contribution in [0, 0.1) is 11.2 Å². The standard InChI is InChI=1S/C22H30FN5O3/c1-22(2,3)14-27-12-17(28-13-18(25-26-28)21(30)31-4)11-19(27)20(29)24-10-9-15-5-7-16(23)8-6-15/h5-8,13,17,19H,9-12,14H2,1-4H3,(H,24,29)/t17-,19-/m0/s1. The predicted octanol–water partition coefficient (Wildman–Crippen LogP) is 2.22. The Bertz CT molecular complexity index is 907. The molecule has 0 spiro atoms. The number of nitrogens with one attached hydrogen (secondary N) is 1. The van der Waals surface area contributed by atoms with Gasteiger partial charge in [0.2, 0.25) is 5.91 Å². The van der Waals surface area contributed by atoms with Gasteiger partial charge < -0.3 is 10.1 Å². The predicted molar refractivity (Wildman–Crippen MR) is 113 cm³/mol. The van der Waals surface area contributed by atoms with Gasteiger partial charge in [-0.2, -0.15) is 0 Å². The number of carbonyl (C=O) groups is 2. The number of esters is 1. The highest BCUT2D eigenvalue weighted by Crippen LogP contribution is 2.30. The molecule has 1 aliphatic rings. The van der Waals surface area contributed by atoms with Gasteiger partial charge in [0.15, 0.2) is 5.69 Å². The van der Waals surface area contributed by atoms with E-state index in [1.54, 1.807) is 23.0 Å². The monoisotopic (exact) mass is 431 g/mol. The summed E-state index contributed by atoms with van der Waals surface area (Å²) in [6, 6.07) is 5.92. The topological polar surface area (TPSA) is 89.4 Å². The number of rotatable bonds is 7. The van der Waals surface area contributed by atoms with E-state index in [9.17, 15) is 14.0 Å². The first-order valence-electron chi connectivity index (χ1n) is 10.4. The lowest BCUT2D eigenvalue weighted by atomic mass is 9.95. The highest BCUT2D eigenvalue weighted by molar-refractivity contribution is 5.86. The van der Waals surface area contributed by atoms with E-state index in [-0.39, 0.29) is 34.9 Å². The number of carbonyl (C=O) groups excluding carboxylic acids is 2. The van der Waals surface area contributed by atoms with Crippen LogP contribution < -0.4 is 5.32 Å². The summed E-state index contributed by atoms with van der Waals surface area (Å²) in [6.45, 7) is 8.26. The number of benzene rings is 1. The van der Waals surface area contributed by atoms with Gasteiger partial charge in [-0.05, 0) is 36.0 Å². The molecule has 1 N–H and O–H groups in total. The van der Waals surface area contributed by atoms with Gasteiger partial charge in [-0.1, -0.05) is 38.1 Å². The molecule has 0 aliphatic carbocycles. The summed E-state index contributed by atoms with van der Waals surface area (Å²) in [7, 11) is 1.30. The maximum Gasteiger partial charge on any atom is 0.360 e. The zero-order valence-corrected chi connectivity index (χ0v) is 18.5. The fourth-order valence-electron chi connectivity index (χ4n) is 3.88. The van der Waals surface area contributed by atoms with Crippen LogP contribution in [0.15, 0.2) is 30.5 Å². The van der Waals surface area contributed by atoms with Crippen molar-refractivity contribution in [3.8, 4) is 0 Å². The minimum atomic E-state index is -0.536. The van der Waals surface area contributed by atoms with Crippen molar-refractivity contribution in [3.63, 3.8) is 0 Å². The van der Waals surface area contributed by atoms with Gasteiger partial charge in [-0.25, -0.2) is 13.9 Å². The molecule has 0 radical (unpaired) electrons. The Morgan fingerprint density at radius 2 is 1.97 bits per heavy atom. The molecule has 31 heavy (non-hydrogen) atoms. The fourth-order valence-corrected chi connectivity index (χ4v) is 3.88. The second-order valence-corrected chi connectivity index (χ2v) is 9.14. The highest BCUT2D eigenvalue weighted by Gasteiger charge is 2.39. The van der Waals surface area contributed by atoms with Crippen LogP contribution in [-0.2, 0) is 16.0 Å². The summed E-state index contributed by atoms with van der Waals surface area (Å²) in [5, 5.41) is 11.0. The molecule has 2 heterocycles. The highest BCUT2D eigenvalue weighted by atomic mass is 19.1. The number of hydrogen-bond acceptors (Lipinski definition) is 6. The minimum Gasteiger partial charge on any atom is -0.464 e. The number of aromatic nitrogens is 3. The molecule has 1 saturated heterocycles. The molecule has 1 aromatic carbocycles. The van der Waals surface area contributed by atoms with E-state index in [2.05, 4.69) is 41.3 Å². The number of amides is 1. The summed E-state index contributed by atoms with van der Waals surface area (Å²) in [4.78, 5) is 26.8. The van der Waals surface area contributed by atoms with Gasteiger partial charge in [0.25, 0.3) is 0 Å². The van der Waals surface area contributed by atoms with Gasteiger partial charge in [-0.15, -0.1) is 5.10 Å². The van der Waals surface area contributed by atoms with E-state index in [4.69, 9.17) is 4.74 Å². The lowest BCUT2D eigenvalue weighted by molar-refractivity contribution is -0.125. The summed E-state index contributed by atoms with van der Waals surface area (Å²) < 4.78 is 19.4. The van der Waals surface area contributed by atoms with Crippen LogP contribution in [0.3, 0.4) is 0 Å². The maximum atomic E-state index is 13.0. The van der Waals surface area contributed by atoms with E-state index >= 15 is 0 Å². The van der Waals surface area contributed by atoms with Crippen LogP contribution in [0.25, 0.3) is 0 Å². The molecule has 1 amide bonds. The normalized spacial score (nSPS) is 19.4. The van der Waals surface area contributed by atoms with Crippen LogP contribution in [0.5, 0.6) is 0 Å². The molecule has 168 valence electrons. The zero-order valence-electron chi connectivity index (χ0n) is 18.5. The van der Waals surface area contributed by atoms with Crippen LogP contribution in [-0.4, -0.2) is 64.6 Å². The largest absolute Gasteiger partial charge is 0.464 e. The van der Waals surface area contributed by atoms with Crippen molar-refractivity contribution in [1.82, 2.24) is 25.2 Å². The SMILES string of the molecule is COC(=O)c1cn([C@H]2C[C@@H](C(=O)NCCc3ccc(F)cc3)N(CC(C)(C)C)C2)nn1. The summed E-state index contributed by atoms with van der Waals surface area (Å²) in [5.41, 5.74) is 1.13. The summed E-state index contributed by atoms with van der Waals surface area (Å²) >= 11 is 0. The molecular weight excluding hydrogens is 401 g/mol. The van der Waals surface area contributed by atoms with Crippen molar-refractivity contribution in [2.75, 3.05) is 26.7 Å². The zero-order chi connectivity index (χ0) is 22.6. The van der Waals surface area contributed by atoms with E-state index in [1.807, 2.05) is 0 Å². The van der Waals surface area contributed by atoms with Crippen molar-refractivity contribution in [2.24, 2.45) is 5.41 Å². The molecule has 3 rings (SSSR count). The fraction of sp³-hybridized carbons (Fsp3) is 0.545. The van der Waals surface area contributed by atoms with Gasteiger partial charge >= 0.3 is 5.97 Å². The Hall–Kier alpha value is -2.81. The number of halogens is 1. The first kappa shape index (κ1) is 22.9. The van der Waals surface area contributed by atoms with E-state index < -0.39 is 5.97 Å². The van der Waals surface area contributed by atoms with Crippen LogP contribution in [0.1, 0.15) is 49.3 Å². The van der Waals surface area contributed by atoms with Crippen molar-refractivity contribution in [3.05, 3.63) is 47.5 Å². The van der Waals surface area contributed by atoms with E-state index in [0.717, 1.165) is 12.1 Å². The van der Waals surface area contributed by atoms with Gasteiger partial charge in [0.1, 0.15) is 5.82 Å². The van der Waals surface area contributed by atoms with Crippen LogP contribution in [0.4, 0.5) is 4.39 Å². The Labute approximate surface area is 181 Å². The smallest absolute Gasteiger partial charge is 0.360 e. The molecule has 2 atom stereocenters. The molecule has 0 unspecified atom stereocenters. The molecule has 8 nitrogen and oxygen atoms in total. The van der Waals surface area contributed by atoms with Crippen LogP contribution in [0.2, 0.25) is 0 Å². The molecule has 1 aromatic heterocycles. The quantitative estimate of drug-likeness (QED) is 0.677. The molecule has 2 aromatic rings. The maximum absolute atomic E-state index is 13.0. The van der Waals surface area contributed by atoms with Crippen LogP contribution >= 0.6 is 0 Å². The third-order valence-electron chi connectivity index (χ3n) is 5.27. The minimum absolute atomic E-state index is 0.0150. The van der Waals surface area contributed by atoms with Crippen molar-refractivity contribution < 1.29 is 18.7 Å². The molecule has 0 saturated carbocycles. The average Bonchev–Trinajstić information content (AvgIpc) is 3.35. The third-order valence-corrected chi connectivity index (χ3v) is 5.27. The van der Waals surface area contributed by atoms with Crippen molar-refractivity contribution >= 4 is 11.9 Å². The third kappa shape index (κ3) is 6.10. The number of hydrogen-bond donors (Lipinski definition) is 1. The molecular formula is C22H30FN5O3. The average molecular weight is 432 g/mol. The Balaban J connectivity index is 1.65. The van der Waals surface area contributed by atoms with E-state index in [1.165, 1.54) is 19.2 Å². The lowest BCUT2D eigenvalue weighted by Gasteiger charge is -2.30. The Morgan fingerprint density at radius 1 is 1.26 bits per heavy atom. The lowest BCUT2D eigenvalue weighted by Crippen LogP contribution is -2.46. The Kier molecular flexibility index (Phi) is 7.04. The number of ether oxygens (including phenoxy) is 1. The summed E-state index contributed by atoms with van der Waals surface area (Å²) in [5.74, 6) is -0.848. The molecule has 0 bridgehead atoms. The number of nitrogens with zero attached hydrogens (tertiary/aromatic N) is 4. The number of methoxy groups -OCH3 is 1. The van der Waals surface area contributed by atoms with Gasteiger partial charge in [0.05, 0.1) is 25.4 Å². The second kappa shape index (κ2) is 9.55. The van der Waals surface area contributed by atoms with Crippen molar-refractivity contribution in [1.29, 1.82) is 0 Å². The van der Waals surface area contributed by atoms with E-state index in [0.29, 0.717) is 25.9 Å². The second-order valence-electron chi connectivity index (χ2n) is 9.14. The summed E-state index contributed by atoms with van der Waals surface area (Å²) in [6.07, 6.45) is 2.77. The number of likely N-dealkylation sites (tertiary alicyclic amines) is 1.